The van der Waals surface area contributed by atoms with Gasteiger partial charge in [0.1, 0.15) is 0 Å². The SMILES string of the molecule is CC1(C(=O)NCC[C@H](O)C(=O)O)COCC1N. The molecule has 1 aliphatic heterocycles. The molecule has 5 N–H and O–H groups in total. The number of hydrogen-bond donors (Lipinski definition) is 4. The minimum absolute atomic E-state index is 0.0345. The van der Waals surface area contributed by atoms with E-state index in [-0.39, 0.29) is 31.5 Å². The molecular formula is C10H18N2O5. The number of hydrogen-bond acceptors (Lipinski definition) is 5. The van der Waals surface area contributed by atoms with Gasteiger partial charge in [0.15, 0.2) is 6.10 Å². The Bertz CT molecular complexity index is 309. The Morgan fingerprint density at radius 3 is 2.76 bits per heavy atom. The molecule has 0 aliphatic carbocycles. The Kier molecular flexibility index (Phi) is 4.44. The molecule has 17 heavy (non-hydrogen) atoms. The number of carbonyl (C=O) groups is 2. The second kappa shape index (κ2) is 5.44. The van der Waals surface area contributed by atoms with Crippen molar-refractivity contribution >= 4 is 11.9 Å². The van der Waals surface area contributed by atoms with Crippen molar-refractivity contribution in [2.24, 2.45) is 11.1 Å². The highest BCUT2D eigenvalue weighted by atomic mass is 16.5. The Hall–Kier alpha value is -1.18. The van der Waals surface area contributed by atoms with Gasteiger partial charge in [-0.25, -0.2) is 4.79 Å². The van der Waals surface area contributed by atoms with Gasteiger partial charge in [0.2, 0.25) is 5.91 Å². The number of amides is 1. The molecule has 2 unspecified atom stereocenters. The first-order valence-electron chi connectivity index (χ1n) is 5.40. The normalized spacial score (nSPS) is 29.9. The van der Waals surface area contributed by atoms with Crippen LogP contribution in [0.1, 0.15) is 13.3 Å². The summed E-state index contributed by atoms with van der Waals surface area (Å²) >= 11 is 0. The van der Waals surface area contributed by atoms with Crippen molar-refractivity contribution in [2.45, 2.75) is 25.5 Å². The van der Waals surface area contributed by atoms with Gasteiger partial charge in [0, 0.05) is 19.0 Å². The number of carboxylic acid groups (broad SMARTS) is 1. The summed E-state index contributed by atoms with van der Waals surface area (Å²) in [7, 11) is 0. The fraction of sp³-hybridized carbons (Fsp3) is 0.800. The highest BCUT2D eigenvalue weighted by molar-refractivity contribution is 5.83. The predicted molar refractivity (Wildman–Crippen MR) is 58.2 cm³/mol. The van der Waals surface area contributed by atoms with Crippen LogP contribution < -0.4 is 11.1 Å². The number of carboxylic acids is 1. The molecular weight excluding hydrogens is 228 g/mol. The maximum atomic E-state index is 11.8. The average molecular weight is 246 g/mol. The van der Waals surface area contributed by atoms with Crippen molar-refractivity contribution in [1.29, 1.82) is 0 Å². The van der Waals surface area contributed by atoms with Crippen LogP contribution in [0.2, 0.25) is 0 Å². The molecule has 1 saturated heterocycles. The molecule has 1 heterocycles. The van der Waals surface area contributed by atoms with E-state index in [0.717, 1.165) is 0 Å². The molecule has 0 bridgehead atoms. The van der Waals surface area contributed by atoms with Crippen LogP contribution >= 0.6 is 0 Å². The van der Waals surface area contributed by atoms with Crippen LogP contribution in [0.5, 0.6) is 0 Å². The van der Waals surface area contributed by atoms with Crippen LogP contribution in [0.25, 0.3) is 0 Å². The summed E-state index contributed by atoms with van der Waals surface area (Å²) in [6.45, 7) is 2.38. The van der Waals surface area contributed by atoms with Crippen molar-refractivity contribution in [3.05, 3.63) is 0 Å². The summed E-state index contributed by atoms with van der Waals surface area (Å²) < 4.78 is 5.13. The summed E-state index contributed by atoms with van der Waals surface area (Å²) in [5, 5.41) is 20.0. The third-order valence-electron chi connectivity index (χ3n) is 3.02. The topological polar surface area (TPSA) is 122 Å². The van der Waals surface area contributed by atoms with E-state index < -0.39 is 17.5 Å². The van der Waals surface area contributed by atoms with Gasteiger partial charge >= 0.3 is 5.97 Å². The van der Waals surface area contributed by atoms with E-state index in [4.69, 9.17) is 20.7 Å². The lowest BCUT2D eigenvalue weighted by Crippen LogP contribution is -2.50. The van der Waals surface area contributed by atoms with Crippen molar-refractivity contribution in [3.63, 3.8) is 0 Å². The Morgan fingerprint density at radius 1 is 1.65 bits per heavy atom. The third-order valence-corrected chi connectivity index (χ3v) is 3.02. The van der Waals surface area contributed by atoms with Crippen molar-refractivity contribution in [2.75, 3.05) is 19.8 Å². The lowest BCUT2D eigenvalue weighted by atomic mass is 9.85. The van der Waals surface area contributed by atoms with Crippen molar-refractivity contribution in [3.8, 4) is 0 Å². The van der Waals surface area contributed by atoms with Gasteiger partial charge in [-0.1, -0.05) is 0 Å². The lowest BCUT2D eigenvalue weighted by molar-refractivity contribution is -0.147. The summed E-state index contributed by atoms with van der Waals surface area (Å²) in [4.78, 5) is 22.2. The number of aliphatic hydroxyl groups excluding tert-OH is 1. The van der Waals surface area contributed by atoms with E-state index in [1.165, 1.54) is 0 Å². The van der Waals surface area contributed by atoms with E-state index in [1.807, 2.05) is 0 Å². The van der Waals surface area contributed by atoms with E-state index >= 15 is 0 Å². The monoisotopic (exact) mass is 246 g/mol. The minimum atomic E-state index is -1.46. The lowest BCUT2D eigenvalue weighted by Gasteiger charge is -2.25. The van der Waals surface area contributed by atoms with Crippen LogP contribution in [0.4, 0.5) is 0 Å². The molecule has 3 atom stereocenters. The summed E-state index contributed by atoms with van der Waals surface area (Å²) in [6, 6.07) is -0.369. The number of nitrogens with one attached hydrogen (secondary N) is 1. The van der Waals surface area contributed by atoms with Crippen LogP contribution in [-0.4, -0.2) is 54.0 Å². The molecule has 7 nitrogen and oxygen atoms in total. The largest absolute Gasteiger partial charge is 0.479 e. The molecule has 0 radical (unpaired) electrons. The number of carbonyl (C=O) groups excluding carboxylic acids is 1. The zero-order valence-corrected chi connectivity index (χ0v) is 9.68. The van der Waals surface area contributed by atoms with Gasteiger partial charge in [-0.15, -0.1) is 0 Å². The number of nitrogens with two attached hydrogens (primary N) is 1. The highest BCUT2D eigenvalue weighted by Crippen LogP contribution is 2.26. The van der Waals surface area contributed by atoms with Gasteiger partial charge in [0.05, 0.1) is 18.6 Å². The Labute approximate surface area is 98.9 Å². The molecule has 98 valence electrons. The molecule has 0 aromatic heterocycles. The van der Waals surface area contributed by atoms with E-state index in [2.05, 4.69) is 5.32 Å². The zero-order valence-electron chi connectivity index (χ0n) is 9.68. The molecule has 1 rings (SSSR count). The van der Waals surface area contributed by atoms with Crippen LogP contribution in [0.15, 0.2) is 0 Å². The maximum absolute atomic E-state index is 11.8. The van der Waals surface area contributed by atoms with Crippen LogP contribution in [0.3, 0.4) is 0 Å². The molecule has 1 aliphatic rings. The molecule has 0 aromatic rings. The quantitative estimate of drug-likeness (QED) is 0.459. The van der Waals surface area contributed by atoms with Crippen molar-refractivity contribution in [1.82, 2.24) is 5.32 Å². The average Bonchev–Trinajstić information content (AvgIpc) is 2.60. The first-order chi connectivity index (χ1) is 7.88. The molecule has 1 amide bonds. The standard InChI is InChI=1S/C10H18N2O5/c1-10(5-17-4-7(10)11)9(16)12-3-2-6(13)8(14)15/h6-7,13H,2-5,11H2,1H3,(H,12,16)(H,14,15)/t6-,7?,10?/m0/s1. The van der Waals surface area contributed by atoms with Crippen LogP contribution in [0, 0.1) is 5.41 Å². The summed E-state index contributed by atoms with van der Waals surface area (Å²) in [5.74, 6) is -1.58. The smallest absolute Gasteiger partial charge is 0.332 e. The molecule has 0 saturated carbocycles. The molecule has 0 spiro atoms. The second-order valence-electron chi connectivity index (χ2n) is 4.44. The minimum Gasteiger partial charge on any atom is -0.479 e. The number of rotatable bonds is 5. The predicted octanol–water partition coefficient (Wildman–Crippen LogP) is -1.70. The maximum Gasteiger partial charge on any atom is 0.332 e. The first-order valence-corrected chi connectivity index (χ1v) is 5.40. The van der Waals surface area contributed by atoms with E-state index in [9.17, 15) is 9.59 Å². The molecule has 1 fully saturated rings. The van der Waals surface area contributed by atoms with Gasteiger partial charge in [0.25, 0.3) is 0 Å². The zero-order chi connectivity index (χ0) is 13.1. The third kappa shape index (κ3) is 3.15. The molecule has 0 aromatic carbocycles. The van der Waals surface area contributed by atoms with E-state index in [1.54, 1.807) is 6.92 Å². The van der Waals surface area contributed by atoms with Gasteiger partial charge in [-0.05, 0) is 6.92 Å². The van der Waals surface area contributed by atoms with E-state index in [0.29, 0.717) is 6.61 Å². The van der Waals surface area contributed by atoms with Gasteiger partial charge < -0.3 is 26.0 Å². The molecule has 7 heteroatoms. The first kappa shape index (κ1) is 13.9. The van der Waals surface area contributed by atoms with Gasteiger partial charge in [-0.2, -0.15) is 0 Å². The fourth-order valence-electron chi connectivity index (χ4n) is 1.57. The summed E-state index contributed by atoms with van der Waals surface area (Å²) in [5.41, 5.74) is 4.98. The van der Waals surface area contributed by atoms with Gasteiger partial charge in [-0.3, -0.25) is 4.79 Å². The number of aliphatic hydroxyl groups is 1. The second-order valence-corrected chi connectivity index (χ2v) is 4.44. The Morgan fingerprint density at radius 2 is 2.29 bits per heavy atom. The number of ether oxygens (including phenoxy) is 1. The Balaban J connectivity index is 2.37. The number of aliphatic carboxylic acids is 1. The summed E-state index contributed by atoms with van der Waals surface area (Å²) in [6.07, 6.45) is -1.50. The fourth-order valence-corrected chi connectivity index (χ4v) is 1.57. The van der Waals surface area contributed by atoms with Crippen molar-refractivity contribution < 1.29 is 24.5 Å². The highest BCUT2D eigenvalue weighted by Gasteiger charge is 2.44. The van der Waals surface area contributed by atoms with Crippen LogP contribution in [-0.2, 0) is 14.3 Å².